The van der Waals surface area contributed by atoms with Crippen LogP contribution in [0.1, 0.15) is 22.5 Å². The number of anilines is 3. The first-order valence-electron chi connectivity index (χ1n) is 20.5. The summed E-state index contributed by atoms with van der Waals surface area (Å²) in [6.07, 6.45) is 5.93. The summed E-state index contributed by atoms with van der Waals surface area (Å²) in [7, 11) is 0. The number of morpholine rings is 2. The Morgan fingerprint density at radius 3 is 1.93 bits per heavy atom. The van der Waals surface area contributed by atoms with Crippen LogP contribution in [0.25, 0.3) is 43.4 Å². The molecule has 10 nitrogen and oxygen atoms in total. The number of amides is 1. The Labute approximate surface area is 358 Å². The summed E-state index contributed by atoms with van der Waals surface area (Å²) in [4.78, 5) is 27.2. The van der Waals surface area contributed by atoms with E-state index in [0.29, 0.717) is 4.88 Å². The summed E-state index contributed by atoms with van der Waals surface area (Å²) in [5.41, 5.74) is 3.13. The van der Waals surface area contributed by atoms with E-state index in [1.165, 1.54) is 33.1 Å². The summed E-state index contributed by atoms with van der Waals surface area (Å²) < 4.78 is 11.9. The van der Waals surface area contributed by atoms with Gasteiger partial charge >= 0.3 is 0 Å². The summed E-state index contributed by atoms with van der Waals surface area (Å²) in [5.74, 6) is 1.82. The predicted octanol–water partition coefficient (Wildman–Crippen LogP) is 9.63. The van der Waals surface area contributed by atoms with E-state index in [4.69, 9.17) is 9.47 Å². The van der Waals surface area contributed by atoms with Crippen molar-refractivity contribution in [3.63, 3.8) is 0 Å². The van der Waals surface area contributed by atoms with E-state index in [0.717, 1.165) is 135 Å². The Morgan fingerprint density at radius 2 is 1.27 bits per heavy atom. The minimum Gasteiger partial charge on any atom is -0.379 e. The maximum Gasteiger partial charge on any atom is 0.265 e. The zero-order valence-corrected chi connectivity index (χ0v) is 35.6. The van der Waals surface area contributed by atoms with Gasteiger partial charge in [-0.15, -0.1) is 11.3 Å². The Morgan fingerprint density at radius 1 is 0.661 bits per heavy atom. The molecule has 0 bridgehead atoms. The Bertz CT molecular complexity index is 2470. The minimum atomic E-state index is -0.0779. The van der Waals surface area contributed by atoms with Gasteiger partial charge in [-0.3, -0.25) is 14.6 Å². The molecule has 3 N–H and O–H groups in total. The lowest BCUT2D eigenvalue weighted by Gasteiger charge is -2.26. The molecule has 3 aromatic heterocycles. The van der Waals surface area contributed by atoms with Crippen molar-refractivity contribution in [1.29, 1.82) is 0 Å². The van der Waals surface area contributed by atoms with E-state index >= 15 is 0 Å². The number of nitrogens with zero attached hydrogens (tertiary/aromatic N) is 4. The monoisotopic (exact) mass is 871 g/mol. The van der Waals surface area contributed by atoms with Crippen LogP contribution < -0.4 is 16.0 Å². The van der Waals surface area contributed by atoms with E-state index in [-0.39, 0.29) is 5.91 Å². The number of hydrogen-bond donors (Lipinski definition) is 3. The molecule has 0 unspecified atom stereocenters. The fourth-order valence-electron chi connectivity index (χ4n) is 7.67. The molecule has 0 radical (unpaired) electrons. The highest BCUT2D eigenvalue weighted by molar-refractivity contribution is 9.10. The van der Waals surface area contributed by atoms with Crippen molar-refractivity contribution in [3.05, 3.63) is 124 Å². The van der Waals surface area contributed by atoms with Crippen LogP contribution in [0.15, 0.2) is 119 Å². The van der Waals surface area contributed by atoms with Gasteiger partial charge in [-0.25, -0.2) is 9.97 Å². The second kappa shape index (κ2) is 20.3. The van der Waals surface area contributed by atoms with Gasteiger partial charge in [0.15, 0.2) is 0 Å². The number of halogens is 1. The van der Waals surface area contributed by atoms with Crippen LogP contribution in [0.2, 0.25) is 0 Å². The van der Waals surface area contributed by atoms with Gasteiger partial charge in [0.2, 0.25) is 0 Å². The number of carbonyl (C=O) groups excluding carboxylic acids is 1. The molecule has 59 heavy (non-hydrogen) atoms. The second-order valence-electron chi connectivity index (χ2n) is 14.7. The number of rotatable bonds is 13. The van der Waals surface area contributed by atoms with Crippen molar-refractivity contribution >= 4 is 82.8 Å². The van der Waals surface area contributed by atoms with Gasteiger partial charge in [0, 0.05) is 78.0 Å². The van der Waals surface area contributed by atoms with Gasteiger partial charge in [0.25, 0.3) is 5.91 Å². The zero-order valence-electron chi connectivity index (χ0n) is 33.2. The third kappa shape index (κ3) is 10.6. The predicted molar refractivity (Wildman–Crippen MR) is 247 cm³/mol. The Balaban J connectivity index is 0.000000195. The number of carbonyl (C=O) groups is 1. The number of aromatic nitrogens is 2. The van der Waals surface area contributed by atoms with E-state index in [9.17, 15) is 4.79 Å². The molecule has 2 fully saturated rings. The van der Waals surface area contributed by atoms with Crippen molar-refractivity contribution in [3.8, 4) is 11.1 Å². The maximum atomic E-state index is 12.4. The van der Waals surface area contributed by atoms with Gasteiger partial charge < -0.3 is 25.4 Å². The molecule has 0 saturated carbocycles. The lowest BCUT2D eigenvalue weighted by Crippen LogP contribution is -2.37. The molecule has 2 aliphatic rings. The smallest absolute Gasteiger partial charge is 0.265 e. The molecule has 1 amide bonds. The van der Waals surface area contributed by atoms with Gasteiger partial charge in [0.1, 0.15) is 11.6 Å². The minimum absolute atomic E-state index is 0.0779. The lowest BCUT2D eigenvalue weighted by molar-refractivity contribution is 0.0378. The van der Waals surface area contributed by atoms with E-state index in [1.807, 2.05) is 54.2 Å². The topological polar surface area (TPSA) is 104 Å². The van der Waals surface area contributed by atoms with Crippen LogP contribution in [0.3, 0.4) is 0 Å². The van der Waals surface area contributed by atoms with Crippen LogP contribution >= 0.6 is 27.3 Å². The molecule has 0 spiro atoms. The van der Waals surface area contributed by atoms with Crippen LogP contribution in [0.5, 0.6) is 0 Å². The Kier molecular flexibility index (Phi) is 14.1. The van der Waals surface area contributed by atoms with Gasteiger partial charge in [0.05, 0.1) is 31.3 Å². The number of hydrogen-bond acceptors (Lipinski definition) is 10. The highest BCUT2D eigenvalue weighted by atomic mass is 79.9. The third-order valence-electron chi connectivity index (χ3n) is 10.8. The molecule has 2 aliphatic heterocycles. The van der Waals surface area contributed by atoms with Crippen LogP contribution in [-0.4, -0.2) is 104 Å². The second-order valence-corrected chi connectivity index (χ2v) is 16.5. The fourth-order valence-corrected chi connectivity index (χ4v) is 8.79. The van der Waals surface area contributed by atoms with Gasteiger partial charge in [-0.05, 0) is 101 Å². The largest absolute Gasteiger partial charge is 0.379 e. The standard InChI is InChI=1S/C31H30N4O2S.C16H20BrN3O/c36-31(29-6-2-19-38-29)34-25-10-9-22-20-24(8-7-23(22)21-25)26-4-1-5-28-27(26)11-13-33-30(28)32-12-3-14-35-15-17-37-18-16-35;17-15-4-1-3-14-13(15)5-7-19-16(14)18-6-2-8-20-9-11-21-12-10-20/h1-2,4-11,13,19-21H,3,12,14-18H2,(H,32,33)(H,34,36);1,3-5,7H,2,6,8-12H2,(H,18,19). The molecule has 5 heterocycles. The van der Waals surface area contributed by atoms with Crippen LogP contribution in [0, 0.1) is 0 Å². The average Bonchev–Trinajstić information content (AvgIpc) is 3.84. The molecule has 2 saturated heterocycles. The summed E-state index contributed by atoms with van der Waals surface area (Å²) in [6, 6.07) is 33.0. The zero-order chi connectivity index (χ0) is 40.2. The first-order chi connectivity index (χ1) is 29.1. The molecule has 7 aromatic rings. The first-order valence-corrected chi connectivity index (χ1v) is 22.1. The van der Waals surface area contributed by atoms with Gasteiger partial charge in [-0.2, -0.15) is 0 Å². The molecular weight excluding hydrogens is 823 g/mol. The summed E-state index contributed by atoms with van der Waals surface area (Å²) >= 11 is 5.03. The number of fused-ring (bicyclic) bond motifs is 3. The molecule has 0 aliphatic carbocycles. The average molecular weight is 873 g/mol. The highest BCUT2D eigenvalue weighted by Gasteiger charge is 2.13. The summed E-state index contributed by atoms with van der Waals surface area (Å²) in [6.45, 7) is 11.6. The van der Waals surface area contributed by atoms with Gasteiger partial charge in [-0.1, -0.05) is 70.5 Å². The fraction of sp³-hybridized carbons (Fsp3) is 0.298. The number of benzene rings is 4. The SMILES string of the molecule is Brc1cccc2c(NCCCN3CCOCC3)nccc12.O=C(Nc1ccc2cc(-c3cccc4c(NCCCN5CCOCC5)nccc34)ccc2c1)c1cccs1. The molecule has 9 rings (SSSR count). The number of pyridine rings is 2. The molecule has 4 aromatic carbocycles. The Hall–Kier alpha value is -4.95. The molecule has 304 valence electrons. The lowest BCUT2D eigenvalue weighted by atomic mass is 9.96. The van der Waals surface area contributed by atoms with Crippen LogP contribution in [0.4, 0.5) is 17.3 Å². The highest BCUT2D eigenvalue weighted by Crippen LogP contribution is 2.34. The van der Waals surface area contributed by atoms with Crippen LogP contribution in [-0.2, 0) is 9.47 Å². The normalized spacial score (nSPS) is 14.9. The van der Waals surface area contributed by atoms with Crippen molar-refractivity contribution in [2.45, 2.75) is 12.8 Å². The van der Waals surface area contributed by atoms with E-state index in [2.05, 4.69) is 112 Å². The van der Waals surface area contributed by atoms with Crippen molar-refractivity contribution in [2.24, 2.45) is 0 Å². The van der Waals surface area contributed by atoms with E-state index in [1.54, 1.807) is 0 Å². The number of ether oxygens (including phenoxy) is 2. The maximum absolute atomic E-state index is 12.4. The summed E-state index contributed by atoms with van der Waals surface area (Å²) in [5, 5.41) is 18.8. The number of thiophene rings is 1. The molecule has 0 atom stereocenters. The molecular formula is C47H50BrN7O3S. The van der Waals surface area contributed by atoms with E-state index < -0.39 is 0 Å². The van der Waals surface area contributed by atoms with Crippen molar-refractivity contribution in [2.75, 3.05) is 94.7 Å². The third-order valence-corrected chi connectivity index (χ3v) is 12.4. The first kappa shape index (κ1) is 40.8. The molecule has 12 heteroatoms. The quantitative estimate of drug-likeness (QED) is 0.0978. The van der Waals surface area contributed by atoms with Crippen molar-refractivity contribution in [1.82, 2.24) is 19.8 Å². The number of nitrogens with one attached hydrogen (secondary N) is 3. The van der Waals surface area contributed by atoms with Crippen molar-refractivity contribution < 1.29 is 14.3 Å².